The molecule has 0 unspecified atom stereocenters. The lowest BCUT2D eigenvalue weighted by Crippen LogP contribution is -2.04. The molecule has 0 saturated heterocycles. The summed E-state index contributed by atoms with van der Waals surface area (Å²) in [5.41, 5.74) is 7.24. The Morgan fingerprint density at radius 2 is 1.94 bits per heavy atom. The average Bonchev–Trinajstić information content (AvgIpc) is 2.32. The van der Waals surface area contributed by atoms with Gasteiger partial charge in [-0.3, -0.25) is 4.79 Å². The van der Waals surface area contributed by atoms with Crippen LogP contribution in [0.5, 0.6) is 0 Å². The number of ketones is 1. The van der Waals surface area contributed by atoms with E-state index < -0.39 is 0 Å². The van der Waals surface area contributed by atoms with Crippen LogP contribution in [0.25, 0.3) is 0 Å². The van der Waals surface area contributed by atoms with E-state index in [2.05, 4.69) is 0 Å². The summed E-state index contributed by atoms with van der Waals surface area (Å²) in [5, 5.41) is 0.508. The first kappa shape index (κ1) is 10.7. The summed E-state index contributed by atoms with van der Waals surface area (Å²) in [5.74, 6) is -0.111. The molecule has 0 heterocycles. The third-order valence-electron chi connectivity index (χ3n) is 2.30. The van der Waals surface area contributed by atoms with Crippen molar-refractivity contribution < 1.29 is 4.79 Å². The molecule has 2 aromatic rings. The number of anilines is 1. The fourth-order valence-electron chi connectivity index (χ4n) is 1.47. The summed E-state index contributed by atoms with van der Waals surface area (Å²) in [6, 6.07) is 13.9. The highest BCUT2D eigenvalue weighted by molar-refractivity contribution is 6.31. The number of nitrogen functional groups attached to an aromatic ring is 1. The molecule has 2 aromatic carbocycles. The fourth-order valence-corrected chi connectivity index (χ4v) is 1.64. The van der Waals surface area contributed by atoms with Gasteiger partial charge in [0.15, 0.2) is 5.78 Å². The van der Waals surface area contributed by atoms with Crippen LogP contribution in [0.15, 0.2) is 48.5 Å². The zero-order valence-corrected chi connectivity index (χ0v) is 9.24. The van der Waals surface area contributed by atoms with Gasteiger partial charge in [-0.25, -0.2) is 0 Å². The van der Waals surface area contributed by atoms with E-state index in [0.717, 1.165) is 0 Å². The van der Waals surface area contributed by atoms with Crippen LogP contribution >= 0.6 is 11.6 Å². The van der Waals surface area contributed by atoms with Gasteiger partial charge in [0.2, 0.25) is 0 Å². The molecule has 3 heteroatoms. The molecule has 0 bridgehead atoms. The number of carbonyl (C=O) groups is 1. The first-order valence-electron chi connectivity index (χ1n) is 4.83. The standard InChI is InChI=1S/C13H10ClNO/c14-10-6-7-12(15)11(8-10)13(16)9-4-2-1-3-5-9/h1-8H,15H2/i6+2,7+2,8+2,10+2,11+2,12+2. The van der Waals surface area contributed by atoms with E-state index in [1.54, 1.807) is 30.3 Å². The molecule has 0 aliphatic heterocycles. The molecule has 2 rings (SSSR count). The second-order valence-corrected chi connectivity index (χ2v) is 3.86. The molecule has 0 aliphatic rings. The van der Waals surface area contributed by atoms with Gasteiger partial charge in [-0.2, -0.15) is 0 Å². The minimum absolute atomic E-state index is 0.111. The van der Waals surface area contributed by atoms with E-state index in [1.807, 2.05) is 18.2 Å². The topological polar surface area (TPSA) is 43.1 Å². The number of nitrogens with two attached hydrogens (primary N) is 1. The Balaban J connectivity index is 2.46. The van der Waals surface area contributed by atoms with Gasteiger partial charge in [0.1, 0.15) is 0 Å². The third kappa shape index (κ3) is 2.07. The second-order valence-electron chi connectivity index (χ2n) is 3.43. The zero-order chi connectivity index (χ0) is 11.5. The van der Waals surface area contributed by atoms with Crippen molar-refractivity contribution in [1.29, 1.82) is 0 Å². The molecule has 0 saturated carbocycles. The summed E-state index contributed by atoms with van der Waals surface area (Å²) in [4.78, 5) is 12.1. The summed E-state index contributed by atoms with van der Waals surface area (Å²) in [7, 11) is 0. The fraction of sp³-hybridized carbons (Fsp3) is 0. The predicted molar refractivity (Wildman–Crippen MR) is 65.7 cm³/mol. The van der Waals surface area contributed by atoms with Gasteiger partial charge in [0.25, 0.3) is 0 Å². The smallest absolute Gasteiger partial charge is 0.195 e. The van der Waals surface area contributed by atoms with E-state index >= 15 is 0 Å². The van der Waals surface area contributed by atoms with Crippen LogP contribution in [-0.4, -0.2) is 5.78 Å². The van der Waals surface area contributed by atoms with Crippen molar-refractivity contribution in [3.05, 3.63) is 64.7 Å². The number of benzene rings is 2. The third-order valence-corrected chi connectivity index (χ3v) is 2.53. The van der Waals surface area contributed by atoms with Crippen LogP contribution in [0.2, 0.25) is 5.02 Å². The molecule has 0 spiro atoms. The Morgan fingerprint density at radius 1 is 1.25 bits per heavy atom. The van der Waals surface area contributed by atoms with Gasteiger partial charge in [0, 0.05) is 21.8 Å². The largest absolute Gasteiger partial charge is 0.398 e. The Bertz CT molecular complexity index is 523. The van der Waals surface area contributed by atoms with E-state index in [9.17, 15) is 4.79 Å². The molecule has 2 nitrogen and oxygen atoms in total. The Morgan fingerprint density at radius 3 is 2.62 bits per heavy atom. The highest BCUT2D eigenvalue weighted by Gasteiger charge is 2.12. The van der Waals surface area contributed by atoms with E-state index in [0.29, 0.717) is 21.8 Å². The molecule has 0 amide bonds. The lowest BCUT2D eigenvalue weighted by molar-refractivity contribution is 0.103. The second kappa shape index (κ2) is 4.37. The maximum Gasteiger partial charge on any atom is 0.195 e. The molecular formula is C13H10ClNO. The summed E-state index contributed by atoms with van der Waals surface area (Å²) >= 11 is 5.84. The average molecular weight is 244 g/mol. The summed E-state index contributed by atoms with van der Waals surface area (Å²) < 4.78 is 0. The molecule has 80 valence electrons. The van der Waals surface area contributed by atoms with Crippen LogP contribution < -0.4 is 5.73 Å². The molecule has 2 N–H and O–H groups in total. The van der Waals surface area contributed by atoms with Crippen LogP contribution in [-0.2, 0) is 0 Å². The Hall–Kier alpha value is -1.80. The van der Waals surface area contributed by atoms with Crippen LogP contribution in [0.3, 0.4) is 0 Å². The Kier molecular flexibility index (Phi) is 2.93. The minimum Gasteiger partial charge on any atom is -0.398 e. The lowest BCUT2D eigenvalue weighted by atomic mass is 10.2. The summed E-state index contributed by atoms with van der Waals surface area (Å²) in [6.45, 7) is 0. The number of rotatable bonds is 2. The van der Waals surface area contributed by atoms with E-state index in [1.165, 1.54) is 0 Å². The van der Waals surface area contributed by atoms with Crippen molar-refractivity contribution in [3.8, 4) is 0 Å². The van der Waals surface area contributed by atoms with E-state index in [4.69, 9.17) is 17.3 Å². The van der Waals surface area contributed by atoms with Crippen molar-refractivity contribution in [2.45, 2.75) is 0 Å². The van der Waals surface area contributed by atoms with Crippen molar-refractivity contribution in [1.82, 2.24) is 0 Å². The maximum atomic E-state index is 12.1. The number of hydrogen-bond acceptors (Lipinski definition) is 2. The van der Waals surface area contributed by atoms with Crippen molar-refractivity contribution >= 4 is 23.1 Å². The summed E-state index contributed by atoms with van der Waals surface area (Å²) in [6.07, 6.45) is 0. The van der Waals surface area contributed by atoms with Gasteiger partial charge < -0.3 is 5.73 Å². The molecule has 0 atom stereocenters. The van der Waals surface area contributed by atoms with E-state index in [-0.39, 0.29) is 5.78 Å². The number of carbonyl (C=O) groups excluding carboxylic acids is 1. The van der Waals surface area contributed by atoms with Crippen LogP contribution in [0.4, 0.5) is 5.69 Å². The molecule has 0 aliphatic carbocycles. The van der Waals surface area contributed by atoms with Gasteiger partial charge in [-0.1, -0.05) is 41.9 Å². The lowest BCUT2D eigenvalue weighted by Gasteiger charge is -2.05. The molecule has 16 heavy (non-hydrogen) atoms. The number of hydrogen-bond donors (Lipinski definition) is 1. The Labute approximate surface area is 98.7 Å². The van der Waals surface area contributed by atoms with Gasteiger partial charge in [-0.05, 0) is 18.2 Å². The molecule has 0 radical (unpaired) electrons. The molecular weight excluding hydrogens is 234 g/mol. The first-order valence-corrected chi connectivity index (χ1v) is 5.21. The first-order chi connectivity index (χ1) is 7.68. The number of halogens is 1. The van der Waals surface area contributed by atoms with Gasteiger partial charge in [0.05, 0.1) is 0 Å². The maximum absolute atomic E-state index is 12.1. The normalized spacial score (nSPS) is 10.1. The van der Waals surface area contributed by atoms with Crippen LogP contribution in [0, 0.1) is 0 Å². The molecule has 0 aromatic heterocycles. The van der Waals surface area contributed by atoms with Crippen molar-refractivity contribution in [3.63, 3.8) is 0 Å². The molecule has 0 fully saturated rings. The van der Waals surface area contributed by atoms with Crippen LogP contribution in [0.1, 0.15) is 15.9 Å². The highest BCUT2D eigenvalue weighted by Crippen LogP contribution is 2.20. The predicted octanol–water partition coefficient (Wildman–Crippen LogP) is 3.15. The monoisotopic (exact) mass is 243 g/mol. The van der Waals surface area contributed by atoms with Crippen molar-refractivity contribution in [2.24, 2.45) is 0 Å². The zero-order valence-electron chi connectivity index (χ0n) is 8.48. The quantitative estimate of drug-likeness (QED) is 0.650. The minimum atomic E-state index is -0.111. The van der Waals surface area contributed by atoms with Gasteiger partial charge in [-0.15, -0.1) is 0 Å². The van der Waals surface area contributed by atoms with Gasteiger partial charge >= 0.3 is 0 Å². The SMILES string of the molecule is N[14c]1[14cH][14cH][14c](Cl)[14cH][14c]1C(=O)c1ccccc1. The van der Waals surface area contributed by atoms with Crippen molar-refractivity contribution in [2.75, 3.05) is 5.73 Å². The highest BCUT2D eigenvalue weighted by atomic mass is 35.5.